The molecule has 1 rings (SSSR count). The monoisotopic (exact) mass is 273 g/mol. The van der Waals surface area contributed by atoms with Gasteiger partial charge in [-0.1, -0.05) is 30.3 Å². The van der Waals surface area contributed by atoms with Crippen LogP contribution in [0.5, 0.6) is 0 Å². The summed E-state index contributed by atoms with van der Waals surface area (Å²) in [6.07, 6.45) is 3.03. The molecule has 0 aliphatic heterocycles. The molecule has 0 aliphatic rings. The largest absolute Gasteiger partial charge is 0.330 e. The molecule has 0 spiro atoms. The molecular formula is C15H17N2O3. The minimum Gasteiger partial charge on any atom is -0.330 e. The second-order valence-corrected chi connectivity index (χ2v) is 4.30. The fourth-order valence-electron chi connectivity index (χ4n) is 1.60. The van der Waals surface area contributed by atoms with Crippen LogP contribution in [-0.2, 0) is 9.59 Å². The Bertz CT molecular complexity index is 521. The van der Waals surface area contributed by atoms with Gasteiger partial charge in [-0.05, 0) is 18.6 Å². The molecule has 1 aromatic rings. The Balaban J connectivity index is 3.05. The summed E-state index contributed by atoms with van der Waals surface area (Å²) >= 11 is 0. The number of urea groups is 1. The van der Waals surface area contributed by atoms with Crippen molar-refractivity contribution in [2.75, 3.05) is 20.6 Å². The Morgan fingerprint density at radius 3 is 2.25 bits per heavy atom. The molecule has 0 aromatic heterocycles. The number of rotatable bonds is 4. The van der Waals surface area contributed by atoms with E-state index in [0.717, 1.165) is 4.90 Å². The Morgan fingerprint density at radius 1 is 1.20 bits per heavy atom. The van der Waals surface area contributed by atoms with Crippen LogP contribution in [0.4, 0.5) is 4.79 Å². The van der Waals surface area contributed by atoms with Gasteiger partial charge in [0.05, 0.1) is 5.57 Å². The average molecular weight is 273 g/mol. The first-order chi connectivity index (χ1) is 9.51. The molecule has 0 N–H and O–H groups in total. The summed E-state index contributed by atoms with van der Waals surface area (Å²) in [6, 6.07) is 8.47. The summed E-state index contributed by atoms with van der Waals surface area (Å²) in [5, 5.41) is 0. The zero-order valence-corrected chi connectivity index (χ0v) is 11.8. The van der Waals surface area contributed by atoms with Crippen molar-refractivity contribution in [2.45, 2.75) is 6.92 Å². The van der Waals surface area contributed by atoms with Gasteiger partial charge in [-0.3, -0.25) is 14.5 Å². The number of hydrogen-bond acceptors (Lipinski definition) is 3. The average Bonchev–Trinajstić information content (AvgIpc) is 2.46. The van der Waals surface area contributed by atoms with Gasteiger partial charge in [0.15, 0.2) is 0 Å². The number of carbonyl (C=O) groups is 2. The van der Waals surface area contributed by atoms with Gasteiger partial charge in [-0.15, -0.1) is 0 Å². The first-order valence-electron chi connectivity index (χ1n) is 6.19. The summed E-state index contributed by atoms with van der Waals surface area (Å²) in [5.41, 5.74) is 0.529. The summed E-state index contributed by atoms with van der Waals surface area (Å²) in [4.78, 5) is 37.3. The molecule has 3 amide bonds. The van der Waals surface area contributed by atoms with Gasteiger partial charge in [0.1, 0.15) is 0 Å². The molecule has 0 saturated heterocycles. The van der Waals surface area contributed by atoms with Crippen LogP contribution in [0.15, 0.2) is 35.9 Å². The highest BCUT2D eigenvalue weighted by Crippen LogP contribution is 2.09. The summed E-state index contributed by atoms with van der Waals surface area (Å²) in [6.45, 7) is 1.86. The van der Waals surface area contributed by atoms with E-state index >= 15 is 0 Å². The fourth-order valence-corrected chi connectivity index (χ4v) is 1.60. The zero-order valence-electron chi connectivity index (χ0n) is 11.8. The van der Waals surface area contributed by atoms with Crippen LogP contribution < -0.4 is 0 Å². The van der Waals surface area contributed by atoms with Crippen LogP contribution >= 0.6 is 0 Å². The van der Waals surface area contributed by atoms with E-state index in [-0.39, 0.29) is 12.1 Å². The minimum atomic E-state index is -0.648. The highest BCUT2D eigenvalue weighted by Gasteiger charge is 2.24. The van der Waals surface area contributed by atoms with E-state index in [1.54, 1.807) is 51.6 Å². The van der Waals surface area contributed by atoms with Crippen LogP contribution in [0.25, 0.3) is 6.08 Å². The molecule has 0 unspecified atom stereocenters. The number of amides is 3. The first-order valence-corrected chi connectivity index (χ1v) is 6.19. The highest BCUT2D eigenvalue weighted by atomic mass is 16.2. The number of carbonyl (C=O) groups excluding carboxylic acids is 3. The van der Waals surface area contributed by atoms with Gasteiger partial charge in [0.2, 0.25) is 6.29 Å². The predicted molar refractivity (Wildman–Crippen MR) is 76.6 cm³/mol. The molecule has 0 saturated carbocycles. The van der Waals surface area contributed by atoms with Crippen molar-refractivity contribution in [1.82, 2.24) is 9.80 Å². The van der Waals surface area contributed by atoms with Gasteiger partial charge in [0, 0.05) is 20.6 Å². The van der Waals surface area contributed by atoms with Crippen molar-refractivity contribution in [2.24, 2.45) is 0 Å². The van der Waals surface area contributed by atoms with Crippen LogP contribution in [0.2, 0.25) is 0 Å². The van der Waals surface area contributed by atoms with E-state index in [1.807, 2.05) is 6.07 Å². The van der Waals surface area contributed by atoms with E-state index in [9.17, 15) is 14.4 Å². The Labute approximate surface area is 118 Å². The standard InChI is InChI=1S/C15H17N2O3/c1-4-17(15(20)16(2)3)14(19)13(11-18)10-12-8-6-5-7-9-12/h5-10H,4H2,1-3H3. The lowest BCUT2D eigenvalue weighted by molar-refractivity contribution is -0.123. The van der Waals surface area contributed by atoms with Crippen molar-refractivity contribution >= 4 is 24.3 Å². The maximum Gasteiger partial charge on any atom is 0.326 e. The number of imide groups is 1. The maximum atomic E-state index is 12.2. The highest BCUT2D eigenvalue weighted by molar-refractivity contribution is 6.18. The molecule has 0 aliphatic carbocycles. The lowest BCUT2D eigenvalue weighted by Crippen LogP contribution is -2.43. The van der Waals surface area contributed by atoms with Crippen LogP contribution in [0, 0.1) is 0 Å². The second-order valence-electron chi connectivity index (χ2n) is 4.30. The van der Waals surface area contributed by atoms with Gasteiger partial charge in [-0.2, -0.15) is 0 Å². The molecule has 0 bridgehead atoms. The van der Waals surface area contributed by atoms with Gasteiger partial charge in [0.25, 0.3) is 5.91 Å². The maximum absolute atomic E-state index is 12.2. The Hall–Kier alpha value is -2.43. The Kier molecular flexibility index (Phi) is 5.65. The molecule has 5 nitrogen and oxygen atoms in total. The van der Waals surface area contributed by atoms with E-state index in [4.69, 9.17) is 0 Å². The van der Waals surface area contributed by atoms with Crippen LogP contribution in [0.1, 0.15) is 12.5 Å². The molecule has 0 fully saturated rings. The second kappa shape index (κ2) is 7.23. The van der Waals surface area contributed by atoms with E-state index < -0.39 is 11.9 Å². The van der Waals surface area contributed by atoms with Crippen molar-refractivity contribution in [1.29, 1.82) is 0 Å². The quantitative estimate of drug-likeness (QED) is 0.477. The molecule has 0 atom stereocenters. The van der Waals surface area contributed by atoms with Crippen LogP contribution in [0.3, 0.4) is 0 Å². The lowest BCUT2D eigenvalue weighted by Gasteiger charge is -2.22. The smallest absolute Gasteiger partial charge is 0.326 e. The van der Waals surface area contributed by atoms with Crippen molar-refractivity contribution in [3.8, 4) is 0 Å². The number of benzene rings is 1. The Morgan fingerprint density at radius 2 is 1.80 bits per heavy atom. The normalized spacial score (nSPS) is 10.8. The molecule has 0 heterocycles. The molecule has 1 aromatic carbocycles. The topological polar surface area (TPSA) is 57.7 Å². The van der Waals surface area contributed by atoms with E-state index in [0.29, 0.717) is 5.56 Å². The first kappa shape index (κ1) is 15.6. The van der Waals surface area contributed by atoms with Gasteiger partial charge < -0.3 is 4.90 Å². The van der Waals surface area contributed by atoms with E-state index in [2.05, 4.69) is 0 Å². The molecule has 5 heteroatoms. The molecule has 105 valence electrons. The molecular weight excluding hydrogens is 256 g/mol. The SMILES string of the molecule is CCN(C(=O)C([C]=O)=Cc1ccccc1)C(=O)N(C)C. The van der Waals surface area contributed by atoms with Crippen molar-refractivity contribution in [3.63, 3.8) is 0 Å². The third-order valence-electron chi connectivity index (χ3n) is 2.63. The number of likely N-dealkylation sites (N-methyl/N-ethyl adjacent to an activating group) is 1. The van der Waals surface area contributed by atoms with Gasteiger partial charge in [-0.25, -0.2) is 4.79 Å². The lowest BCUT2D eigenvalue weighted by atomic mass is 10.1. The number of nitrogens with zero attached hydrogens (tertiary/aromatic N) is 2. The minimum absolute atomic E-state index is 0.173. The summed E-state index contributed by atoms with van der Waals surface area (Å²) in [5.74, 6) is -0.648. The fraction of sp³-hybridized carbons (Fsp3) is 0.267. The predicted octanol–water partition coefficient (Wildman–Crippen LogP) is 1.71. The van der Waals surface area contributed by atoms with Crippen molar-refractivity contribution < 1.29 is 14.4 Å². The van der Waals surface area contributed by atoms with Gasteiger partial charge >= 0.3 is 6.03 Å². The third kappa shape index (κ3) is 3.78. The van der Waals surface area contributed by atoms with E-state index in [1.165, 1.54) is 11.0 Å². The van der Waals surface area contributed by atoms with Crippen LogP contribution in [-0.4, -0.2) is 48.7 Å². The number of hydrogen-bond donors (Lipinski definition) is 0. The summed E-state index contributed by atoms with van der Waals surface area (Å²) in [7, 11) is 3.09. The zero-order chi connectivity index (χ0) is 15.1. The molecule has 1 radical (unpaired) electrons. The van der Waals surface area contributed by atoms with Crippen molar-refractivity contribution in [3.05, 3.63) is 41.5 Å². The molecule has 20 heavy (non-hydrogen) atoms. The third-order valence-corrected chi connectivity index (χ3v) is 2.63. The summed E-state index contributed by atoms with van der Waals surface area (Å²) < 4.78 is 0.